The zero-order chi connectivity index (χ0) is 9.26. The van der Waals surface area contributed by atoms with Crippen LogP contribution in [0.3, 0.4) is 0 Å². The van der Waals surface area contributed by atoms with Gasteiger partial charge in [0.05, 0.1) is 0 Å². The quantitative estimate of drug-likeness (QED) is 0.689. The fraction of sp³-hybridized carbons (Fsp3) is 0.400. The van der Waals surface area contributed by atoms with E-state index in [0.717, 1.165) is 29.4 Å². The molecule has 1 aliphatic heterocycles. The van der Waals surface area contributed by atoms with E-state index in [9.17, 15) is 0 Å². The van der Waals surface area contributed by atoms with Gasteiger partial charge in [0.15, 0.2) is 0 Å². The molecule has 2 nitrogen and oxygen atoms in total. The Morgan fingerprint density at radius 1 is 1.54 bits per heavy atom. The molecule has 13 heavy (non-hydrogen) atoms. The molecule has 1 N–H and O–H groups in total. The Kier molecular flexibility index (Phi) is 2.42. The van der Waals surface area contributed by atoms with Gasteiger partial charge in [-0.1, -0.05) is 11.6 Å². The predicted octanol–water partition coefficient (Wildman–Crippen LogP) is 2.21. The van der Waals surface area contributed by atoms with Gasteiger partial charge in [0.2, 0.25) is 0 Å². The maximum Gasteiger partial charge on any atom is 0.124 e. The molecule has 3 heteroatoms. The summed E-state index contributed by atoms with van der Waals surface area (Å²) in [5.41, 5.74) is 1.14. The van der Waals surface area contributed by atoms with E-state index in [-0.39, 0.29) is 6.10 Å². The van der Waals surface area contributed by atoms with Gasteiger partial charge in [-0.25, -0.2) is 0 Å². The molecular weight excluding hydrogens is 186 g/mol. The van der Waals surface area contributed by atoms with Gasteiger partial charge in [0.1, 0.15) is 11.9 Å². The monoisotopic (exact) mass is 197 g/mol. The van der Waals surface area contributed by atoms with Gasteiger partial charge in [-0.05, 0) is 25.1 Å². The van der Waals surface area contributed by atoms with E-state index in [1.807, 2.05) is 18.2 Å². The van der Waals surface area contributed by atoms with Crippen molar-refractivity contribution >= 4 is 11.6 Å². The largest absolute Gasteiger partial charge is 0.489 e. The lowest BCUT2D eigenvalue weighted by Gasteiger charge is -2.11. The molecule has 1 aromatic rings. The lowest BCUT2D eigenvalue weighted by Crippen LogP contribution is -2.24. The smallest absolute Gasteiger partial charge is 0.124 e. The topological polar surface area (TPSA) is 21.3 Å². The number of benzene rings is 1. The highest BCUT2D eigenvalue weighted by molar-refractivity contribution is 6.30. The van der Waals surface area contributed by atoms with E-state index in [1.54, 1.807) is 0 Å². The van der Waals surface area contributed by atoms with Crippen LogP contribution in [-0.4, -0.2) is 12.6 Å². The normalized spacial score (nSPS) is 21.5. The van der Waals surface area contributed by atoms with Gasteiger partial charge in [-0.15, -0.1) is 0 Å². The highest BCUT2D eigenvalue weighted by Gasteiger charge is 2.12. The molecule has 2 rings (SSSR count). The summed E-state index contributed by atoms with van der Waals surface area (Å²) in [4.78, 5) is 0. The zero-order valence-corrected chi connectivity index (χ0v) is 8.27. The van der Waals surface area contributed by atoms with E-state index in [4.69, 9.17) is 16.3 Å². The Morgan fingerprint density at radius 2 is 2.38 bits per heavy atom. The van der Waals surface area contributed by atoms with Crippen molar-refractivity contribution in [3.05, 3.63) is 28.8 Å². The molecule has 1 unspecified atom stereocenters. The number of hydrogen-bond donors (Lipinski definition) is 1. The first kappa shape index (κ1) is 8.85. The van der Waals surface area contributed by atoms with Crippen LogP contribution in [0.1, 0.15) is 12.5 Å². The van der Waals surface area contributed by atoms with Gasteiger partial charge < -0.3 is 10.1 Å². The number of ether oxygens (including phenoxy) is 1. The standard InChI is InChI=1S/C10H12ClNO/c1-7-5-12-6-8-4-9(11)2-3-10(8)13-7/h2-4,7,12H,5-6H2,1H3. The third-order valence-electron chi connectivity index (χ3n) is 2.10. The highest BCUT2D eigenvalue weighted by atomic mass is 35.5. The Hall–Kier alpha value is -0.730. The summed E-state index contributed by atoms with van der Waals surface area (Å²) in [6.07, 6.45) is 0.224. The molecule has 0 saturated heterocycles. The maximum atomic E-state index is 5.88. The lowest BCUT2D eigenvalue weighted by molar-refractivity contribution is 0.226. The van der Waals surface area contributed by atoms with Crippen molar-refractivity contribution in [2.24, 2.45) is 0 Å². The Labute approximate surface area is 82.9 Å². The van der Waals surface area contributed by atoms with Crippen LogP contribution in [0.5, 0.6) is 5.75 Å². The second-order valence-electron chi connectivity index (χ2n) is 3.31. The first-order chi connectivity index (χ1) is 6.25. The fourth-order valence-corrected chi connectivity index (χ4v) is 1.66. The molecule has 0 fully saturated rings. The number of fused-ring (bicyclic) bond motifs is 1. The van der Waals surface area contributed by atoms with Gasteiger partial charge in [-0.3, -0.25) is 0 Å². The molecule has 1 atom stereocenters. The lowest BCUT2D eigenvalue weighted by atomic mass is 10.2. The summed E-state index contributed by atoms with van der Waals surface area (Å²) >= 11 is 5.88. The van der Waals surface area contributed by atoms with Gasteiger partial charge in [0.25, 0.3) is 0 Å². The number of nitrogens with one attached hydrogen (secondary N) is 1. The van der Waals surface area contributed by atoms with Crippen molar-refractivity contribution < 1.29 is 4.74 Å². The summed E-state index contributed by atoms with van der Waals surface area (Å²) < 4.78 is 5.69. The van der Waals surface area contributed by atoms with E-state index in [2.05, 4.69) is 12.2 Å². The number of hydrogen-bond acceptors (Lipinski definition) is 2. The van der Waals surface area contributed by atoms with Gasteiger partial charge in [-0.2, -0.15) is 0 Å². The SMILES string of the molecule is CC1CNCc2cc(Cl)ccc2O1. The van der Waals surface area contributed by atoms with Crippen LogP contribution < -0.4 is 10.1 Å². The summed E-state index contributed by atoms with van der Waals surface area (Å²) in [5, 5.41) is 4.06. The van der Waals surface area contributed by atoms with Crippen molar-refractivity contribution in [3.8, 4) is 5.75 Å². The average molecular weight is 198 g/mol. The Bertz CT molecular complexity index is 314. The molecule has 1 aliphatic rings. The summed E-state index contributed by atoms with van der Waals surface area (Å²) in [6.45, 7) is 3.77. The zero-order valence-electron chi connectivity index (χ0n) is 7.51. The maximum absolute atomic E-state index is 5.88. The van der Waals surface area contributed by atoms with Crippen molar-refractivity contribution in [1.29, 1.82) is 0 Å². The second kappa shape index (κ2) is 3.56. The average Bonchev–Trinajstić information content (AvgIpc) is 2.25. The van der Waals surface area contributed by atoms with Crippen LogP contribution in [0, 0.1) is 0 Å². The van der Waals surface area contributed by atoms with Crippen LogP contribution >= 0.6 is 11.6 Å². The van der Waals surface area contributed by atoms with Gasteiger partial charge in [0, 0.05) is 23.7 Å². The molecule has 0 aromatic heterocycles. The third-order valence-corrected chi connectivity index (χ3v) is 2.33. The Balaban J connectivity index is 2.34. The highest BCUT2D eigenvalue weighted by Crippen LogP contribution is 2.25. The molecular formula is C10H12ClNO. The fourth-order valence-electron chi connectivity index (χ4n) is 1.47. The predicted molar refractivity (Wildman–Crippen MR) is 53.2 cm³/mol. The van der Waals surface area contributed by atoms with Crippen LogP contribution in [0.4, 0.5) is 0 Å². The minimum absolute atomic E-state index is 0.224. The van der Waals surface area contributed by atoms with Crippen LogP contribution in [0.25, 0.3) is 0 Å². The van der Waals surface area contributed by atoms with Crippen LogP contribution in [0.15, 0.2) is 18.2 Å². The van der Waals surface area contributed by atoms with Gasteiger partial charge >= 0.3 is 0 Å². The molecule has 1 aromatic carbocycles. The third kappa shape index (κ3) is 1.95. The first-order valence-corrected chi connectivity index (χ1v) is 4.79. The van der Waals surface area contributed by atoms with E-state index in [1.165, 1.54) is 0 Å². The summed E-state index contributed by atoms with van der Waals surface area (Å²) in [7, 11) is 0. The second-order valence-corrected chi connectivity index (χ2v) is 3.75. The van der Waals surface area contributed by atoms with E-state index >= 15 is 0 Å². The van der Waals surface area contributed by atoms with Crippen LogP contribution in [0.2, 0.25) is 5.02 Å². The minimum Gasteiger partial charge on any atom is -0.489 e. The van der Waals surface area contributed by atoms with Crippen molar-refractivity contribution in [2.45, 2.75) is 19.6 Å². The van der Waals surface area contributed by atoms with Crippen molar-refractivity contribution in [1.82, 2.24) is 5.32 Å². The molecule has 0 bridgehead atoms. The molecule has 0 saturated carbocycles. The summed E-state index contributed by atoms with van der Waals surface area (Å²) in [5.74, 6) is 0.946. The van der Waals surface area contributed by atoms with Crippen molar-refractivity contribution in [3.63, 3.8) is 0 Å². The molecule has 0 spiro atoms. The minimum atomic E-state index is 0.224. The molecule has 0 radical (unpaired) electrons. The van der Waals surface area contributed by atoms with E-state index < -0.39 is 0 Å². The first-order valence-electron chi connectivity index (χ1n) is 4.41. The van der Waals surface area contributed by atoms with Crippen LogP contribution in [-0.2, 0) is 6.54 Å². The molecule has 70 valence electrons. The van der Waals surface area contributed by atoms with E-state index in [0.29, 0.717) is 0 Å². The molecule has 0 amide bonds. The molecule has 0 aliphatic carbocycles. The molecule has 1 heterocycles. The number of rotatable bonds is 0. The number of halogens is 1. The van der Waals surface area contributed by atoms with Crippen molar-refractivity contribution in [2.75, 3.05) is 6.54 Å². The Morgan fingerprint density at radius 3 is 3.23 bits per heavy atom. The summed E-state index contributed by atoms with van der Waals surface area (Å²) in [6, 6.07) is 5.74.